The fourth-order valence-corrected chi connectivity index (χ4v) is 2.44. The number of hydrogen-bond acceptors (Lipinski definition) is 3. The second-order valence-electron chi connectivity index (χ2n) is 5.54. The summed E-state index contributed by atoms with van der Waals surface area (Å²) in [5.41, 5.74) is 3.39. The monoisotopic (exact) mass is 287 g/mol. The van der Waals surface area contributed by atoms with Crippen molar-refractivity contribution in [2.75, 3.05) is 11.9 Å². The van der Waals surface area contributed by atoms with Crippen LogP contribution in [0, 0.1) is 19.7 Å². The first kappa shape index (κ1) is 15.4. The quantitative estimate of drug-likeness (QED) is 0.902. The van der Waals surface area contributed by atoms with Gasteiger partial charge in [-0.1, -0.05) is 26.0 Å². The van der Waals surface area contributed by atoms with E-state index in [2.05, 4.69) is 29.1 Å². The maximum atomic E-state index is 13.8. The van der Waals surface area contributed by atoms with Crippen molar-refractivity contribution < 1.29 is 4.39 Å². The average molecular weight is 287 g/mol. The number of aryl methyl sites for hydroxylation is 2. The van der Waals surface area contributed by atoms with E-state index < -0.39 is 0 Å². The van der Waals surface area contributed by atoms with Gasteiger partial charge in [0, 0.05) is 23.4 Å². The van der Waals surface area contributed by atoms with E-state index >= 15 is 0 Å². The highest BCUT2D eigenvalue weighted by molar-refractivity contribution is 5.61. The lowest BCUT2D eigenvalue weighted by atomic mass is 10.0. The molecule has 0 amide bonds. The van der Waals surface area contributed by atoms with E-state index in [1.165, 1.54) is 6.07 Å². The molecular weight excluding hydrogens is 265 g/mol. The van der Waals surface area contributed by atoms with E-state index in [-0.39, 0.29) is 5.82 Å². The van der Waals surface area contributed by atoms with Crippen molar-refractivity contribution in [2.45, 2.75) is 40.5 Å². The van der Waals surface area contributed by atoms with Crippen LogP contribution < -0.4 is 5.32 Å². The largest absolute Gasteiger partial charge is 0.370 e. The molecule has 1 N–H and O–H groups in total. The summed E-state index contributed by atoms with van der Waals surface area (Å²) in [6.45, 7) is 10.8. The highest BCUT2D eigenvalue weighted by Gasteiger charge is 2.15. The molecule has 0 fully saturated rings. The van der Waals surface area contributed by atoms with Crippen LogP contribution in [0.1, 0.15) is 43.5 Å². The van der Waals surface area contributed by atoms with Crippen molar-refractivity contribution in [3.05, 3.63) is 40.8 Å². The zero-order valence-electron chi connectivity index (χ0n) is 13.3. The van der Waals surface area contributed by atoms with E-state index in [1.54, 1.807) is 13.0 Å². The Morgan fingerprint density at radius 3 is 2.48 bits per heavy atom. The lowest BCUT2D eigenvalue weighted by molar-refractivity contribution is 0.619. The molecule has 0 saturated heterocycles. The predicted octanol–water partition coefficient (Wildman–Crippen LogP) is 4.45. The van der Waals surface area contributed by atoms with Crippen LogP contribution in [0.5, 0.6) is 0 Å². The van der Waals surface area contributed by atoms with Crippen molar-refractivity contribution in [1.29, 1.82) is 0 Å². The third kappa shape index (κ3) is 3.20. The number of rotatable bonds is 4. The molecule has 0 aliphatic carbocycles. The minimum absolute atomic E-state index is 0.230. The fraction of sp³-hybridized carbons (Fsp3) is 0.412. The van der Waals surface area contributed by atoms with E-state index in [9.17, 15) is 4.39 Å². The molecular formula is C17H22FN3. The summed E-state index contributed by atoms with van der Waals surface area (Å²) in [5, 5.41) is 3.29. The maximum absolute atomic E-state index is 13.8. The maximum Gasteiger partial charge on any atom is 0.161 e. The highest BCUT2D eigenvalue weighted by atomic mass is 19.1. The minimum atomic E-state index is -0.230. The van der Waals surface area contributed by atoms with E-state index in [0.717, 1.165) is 23.6 Å². The summed E-state index contributed by atoms with van der Waals surface area (Å²) in [5.74, 6) is 1.51. The Labute approximate surface area is 125 Å². The minimum Gasteiger partial charge on any atom is -0.370 e. The molecule has 0 bridgehead atoms. The van der Waals surface area contributed by atoms with Gasteiger partial charge in [-0.25, -0.2) is 14.4 Å². The van der Waals surface area contributed by atoms with Crippen molar-refractivity contribution in [1.82, 2.24) is 9.97 Å². The predicted molar refractivity (Wildman–Crippen MR) is 85.2 cm³/mol. The first-order valence-electron chi connectivity index (χ1n) is 7.33. The van der Waals surface area contributed by atoms with Gasteiger partial charge in [0.05, 0.1) is 0 Å². The van der Waals surface area contributed by atoms with Crippen molar-refractivity contribution in [3.63, 3.8) is 0 Å². The summed E-state index contributed by atoms with van der Waals surface area (Å²) < 4.78 is 13.8. The van der Waals surface area contributed by atoms with Crippen molar-refractivity contribution >= 4 is 5.82 Å². The Morgan fingerprint density at radius 2 is 1.90 bits per heavy atom. The third-order valence-electron chi connectivity index (χ3n) is 3.49. The topological polar surface area (TPSA) is 37.8 Å². The third-order valence-corrected chi connectivity index (χ3v) is 3.49. The summed E-state index contributed by atoms with van der Waals surface area (Å²) in [6, 6.07) is 5.11. The normalized spacial score (nSPS) is 11.0. The van der Waals surface area contributed by atoms with Crippen LogP contribution in [0.2, 0.25) is 0 Å². The molecule has 1 aromatic heterocycles. The number of hydrogen-bond donors (Lipinski definition) is 1. The van der Waals surface area contributed by atoms with Crippen LogP contribution in [0.25, 0.3) is 11.4 Å². The standard InChI is InChI=1S/C17H22FN3/c1-6-19-17-15(10(2)3)12(5)20-16(21-17)13-8-7-11(4)14(18)9-13/h7-10H,6H2,1-5H3,(H,19,20,21). The van der Waals surface area contributed by atoms with Gasteiger partial charge in [-0.05, 0) is 38.3 Å². The van der Waals surface area contributed by atoms with Crippen molar-refractivity contribution in [3.8, 4) is 11.4 Å². The van der Waals surface area contributed by atoms with Gasteiger partial charge in [-0.15, -0.1) is 0 Å². The Bertz CT molecular complexity index is 651. The molecule has 0 saturated carbocycles. The first-order chi connectivity index (χ1) is 9.93. The van der Waals surface area contributed by atoms with Gasteiger partial charge in [0.15, 0.2) is 5.82 Å². The Morgan fingerprint density at radius 1 is 1.19 bits per heavy atom. The second kappa shape index (κ2) is 6.20. The first-order valence-corrected chi connectivity index (χ1v) is 7.33. The Balaban J connectivity index is 2.57. The average Bonchev–Trinajstić information content (AvgIpc) is 2.41. The number of anilines is 1. The van der Waals surface area contributed by atoms with Gasteiger partial charge < -0.3 is 5.32 Å². The molecule has 112 valence electrons. The molecule has 2 aromatic rings. The van der Waals surface area contributed by atoms with Gasteiger partial charge in [-0.2, -0.15) is 0 Å². The lowest BCUT2D eigenvalue weighted by Crippen LogP contribution is -2.09. The molecule has 0 radical (unpaired) electrons. The van der Waals surface area contributed by atoms with Crippen LogP contribution >= 0.6 is 0 Å². The van der Waals surface area contributed by atoms with Gasteiger partial charge in [0.25, 0.3) is 0 Å². The molecule has 0 aliphatic heterocycles. The Kier molecular flexibility index (Phi) is 4.56. The molecule has 0 unspecified atom stereocenters. The smallest absolute Gasteiger partial charge is 0.161 e. The number of nitrogens with one attached hydrogen (secondary N) is 1. The number of aromatic nitrogens is 2. The van der Waals surface area contributed by atoms with E-state index in [4.69, 9.17) is 0 Å². The highest BCUT2D eigenvalue weighted by Crippen LogP contribution is 2.28. The van der Waals surface area contributed by atoms with E-state index in [1.807, 2.05) is 19.9 Å². The molecule has 21 heavy (non-hydrogen) atoms. The zero-order valence-corrected chi connectivity index (χ0v) is 13.3. The van der Waals surface area contributed by atoms with Gasteiger partial charge in [0.1, 0.15) is 11.6 Å². The molecule has 1 aromatic carbocycles. The fourth-order valence-electron chi connectivity index (χ4n) is 2.44. The molecule has 4 heteroatoms. The van der Waals surface area contributed by atoms with Gasteiger partial charge in [0.2, 0.25) is 0 Å². The summed E-state index contributed by atoms with van der Waals surface area (Å²) >= 11 is 0. The molecule has 3 nitrogen and oxygen atoms in total. The lowest BCUT2D eigenvalue weighted by Gasteiger charge is -2.16. The van der Waals surface area contributed by atoms with Crippen LogP contribution in [0.3, 0.4) is 0 Å². The molecule has 1 heterocycles. The number of benzene rings is 1. The summed E-state index contributed by atoms with van der Waals surface area (Å²) in [4.78, 5) is 9.16. The van der Waals surface area contributed by atoms with Gasteiger partial charge >= 0.3 is 0 Å². The molecule has 0 atom stereocenters. The van der Waals surface area contributed by atoms with Crippen molar-refractivity contribution in [2.24, 2.45) is 0 Å². The van der Waals surface area contributed by atoms with Crippen LogP contribution in [0.15, 0.2) is 18.2 Å². The van der Waals surface area contributed by atoms with Crippen LogP contribution in [-0.2, 0) is 0 Å². The number of nitrogens with zero attached hydrogens (tertiary/aromatic N) is 2. The van der Waals surface area contributed by atoms with Gasteiger partial charge in [-0.3, -0.25) is 0 Å². The van der Waals surface area contributed by atoms with E-state index in [0.29, 0.717) is 22.9 Å². The summed E-state index contributed by atoms with van der Waals surface area (Å²) in [6.07, 6.45) is 0. The Hall–Kier alpha value is -1.97. The molecule has 2 rings (SSSR count). The van der Waals surface area contributed by atoms with Crippen LogP contribution in [-0.4, -0.2) is 16.5 Å². The molecule has 0 spiro atoms. The second-order valence-corrected chi connectivity index (χ2v) is 5.54. The zero-order chi connectivity index (χ0) is 15.6. The summed E-state index contributed by atoms with van der Waals surface area (Å²) in [7, 11) is 0. The van der Waals surface area contributed by atoms with Crippen LogP contribution in [0.4, 0.5) is 10.2 Å². The SMILES string of the molecule is CCNc1nc(-c2ccc(C)c(F)c2)nc(C)c1C(C)C. The number of halogens is 1. The molecule has 0 aliphatic rings.